The maximum atomic E-state index is 12.9. The zero-order valence-electron chi connectivity index (χ0n) is 14.1. The zero-order chi connectivity index (χ0) is 16.7. The first-order valence-electron chi connectivity index (χ1n) is 8.52. The third kappa shape index (κ3) is 2.82. The van der Waals surface area contributed by atoms with Gasteiger partial charge in [0.25, 0.3) is 5.91 Å². The van der Waals surface area contributed by atoms with E-state index in [2.05, 4.69) is 15.0 Å². The van der Waals surface area contributed by atoms with Crippen LogP contribution < -0.4 is 0 Å². The van der Waals surface area contributed by atoms with E-state index in [1.54, 1.807) is 0 Å². The minimum absolute atomic E-state index is 0.0354. The Hall–Kier alpha value is -2.21. The Morgan fingerprint density at radius 1 is 1.25 bits per heavy atom. The van der Waals surface area contributed by atoms with Crippen molar-refractivity contribution in [1.29, 1.82) is 0 Å². The van der Waals surface area contributed by atoms with Crippen molar-refractivity contribution >= 4 is 5.91 Å². The van der Waals surface area contributed by atoms with Crippen LogP contribution in [0.1, 0.15) is 52.4 Å². The minimum Gasteiger partial charge on any atom is -0.338 e. The number of aromatic nitrogens is 2. The molecule has 0 N–H and O–H groups in total. The molecule has 1 atom stereocenters. The monoisotopic (exact) mass is 326 g/mol. The average molecular weight is 326 g/mol. The summed E-state index contributed by atoms with van der Waals surface area (Å²) in [6.45, 7) is 4.06. The molecule has 6 nitrogen and oxygen atoms in total. The smallest absolute Gasteiger partial charge is 0.254 e. The lowest BCUT2D eigenvalue weighted by molar-refractivity contribution is 0.0488. The third-order valence-corrected chi connectivity index (χ3v) is 5.00. The van der Waals surface area contributed by atoms with E-state index in [1.807, 2.05) is 43.1 Å². The van der Waals surface area contributed by atoms with Crippen molar-refractivity contribution in [2.45, 2.75) is 31.7 Å². The Kier molecular flexibility index (Phi) is 3.84. The third-order valence-electron chi connectivity index (χ3n) is 5.00. The average Bonchev–Trinajstić information content (AvgIpc) is 3.33. The van der Waals surface area contributed by atoms with Gasteiger partial charge in [-0.2, -0.15) is 4.98 Å². The number of hydrogen-bond acceptors (Lipinski definition) is 5. The summed E-state index contributed by atoms with van der Waals surface area (Å²) >= 11 is 0. The number of amides is 1. The number of benzene rings is 1. The maximum absolute atomic E-state index is 12.9. The first-order chi connectivity index (χ1) is 11.6. The molecule has 0 bridgehead atoms. The van der Waals surface area contributed by atoms with Crippen molar-refractivity contribution in [2.24, 2.45) is 0 Å². The van der Waals surface area contributed by atoms with Crippen molar-refractivity contribution in [3.05, 3.63) is 47.1 Å². The Morgan fingerprint density at radius 3 is 2.79 bits per heavy atom. The van der Waals surface area contributed by atoms with Crippen LogP contribution in [0.3, 0.4) is 0 Å². The molecule has 6 heteroatoms. The van der Waals surface area contributed by atoms with Gasteiger partial charge in [0.05, 0.1) is 0 Å². The molecule has 1 saturated carbocycles. The van der Waals surface area contributed by atoms with Gasteiger partial charge in [-0.25, -0.2) is 0 Å². The van der Waals surface area contributed by atoms with E-state index < -0.39 is 0 Å². The Labute approximate surface area is 141 Å². The van der Waals surface area contributed by atoms with E-state index in [0.29, 0.717) is 24.9 Å². The summed E-state index contributed by atoms with van der Waals surface area (Å²) in [5.74, 6) is 2.00. The molecule has 2 aromatic rings. The lowest BCUT2D eigenvalue weighted by Crippen LogP contribution is -2.49. The molecule has 2 fully saturated rings. The summed E-state index contributed by atoms with van der Waals surface area (Å²) in [5, 5.41) is 4.11. The molecule has 126 valence electrons. The van der Waals surface area contributed by atoms with Gasteiger partial charge in [0.1, 0.15) is 6.04 Å². The van der Waals surface area contributed by atoms with E-state index in [1.165, 1.54) is 0 Å². The van der Waals surface area contributed by atoms with Crippen molar-refractivity contribution < 1.29 is 9.32 Å². The number of aryl methyl sites for hydroxylation is 1. The molecule has 1 unspecified atom stereocenters. The molecule has 1 aromatic carbocycles. The zero-order valence-corrected chi connectivity index (χ0v) is 14.1. The molecule has 2 heterocycles. The summed E-state index contributed by atoms with van der Waals surface area (Å²) in [6.07, 6.45) is 2.30. The van der Waals surface area contributed by atoms with Crippen molar-refractivity contribution in [3.8, 4) is 0 Å². The normalized spacial score (nSPS) is 21.9. The van der Waals surface area contributed by atoms with Crippen LogP contribution >= 0.6 is 0 Å². The first kappa shape index (κ1) is 15.3. The van der Waals surface area contributed by atoms with Crippen LogP contribution in [0.5, 0.6) is 0 Å². The number of carbonyl (C=O) groups is 1. The highest BCUT2D eigenvalue weighted by atomic mass is 16.5. The lowest BCUT2D eigenvalue weighted by atomic mass is 10.1. The van der Waals surface area contributed by atoms with E-state index in [4.69, 9.17) is 4.52 Å². The van der Waals surface area contributed by atoms with Gasteiger partial charge in [0.2, 0.25) is 5.89 Å². The Bertz CT molecular complexity index is 753. The van der Waals surface area contributed by atoms with Crippen molar-refractivity contribution in [3.63, 3.8) is 0 Å². The maximum Gasteiger partial charge on any atom is 0.254 e. The van der Waals surface area contributed by atoms with Gasteiger partial charge in [-0.1, -0.05) is 23.4 Å². The van der Waals surface area contributed by atoms with Gasteiger partial charge in [-0.3, -0.25) is 9.69 Å². The lowest BCUT2D eigenvalue weighted by Gasteiger charge is -2.37. The van der Waals surface area contributed by atoms with Crippen LogP contribution in [0.4, 0.5) is 0 Å². The molecule has 24 heavy (non-hydrogen) atoms. The van der Waals surface area contributed by atoms with Crippen molar-refractivity contribution in [1.82, 2.24) is 19.9 Å². The van der Waals surface area contributed by atoms with Crippen LogP contribution in [0.2, 0.25) is 0 Å². The van der Waals surface area contributed by atoms with Gasteiger partial charge in [0.15, 0.2) is 5.82 Å². The van der Waals surface area contributed by atoms with Crippen molar-refractivity contribution in [2.75, 3.05) is 26.7 Å². The SMILES string of the molecule is Cc1ccccc1C(=O)N1CCN(C)C(c2nc(C3CC3)no2)C1. The Balaban J connectivity index is 1.53. The van der Waals surface area contributed by atoms with E-state index in [0.717, 1.165) is 36.3 Å². The molecule has 4 rings (SSSR count). The minimum atomic E-state index is -0.0354. The quantitative estimate of drug-likeness (QED) is 0.866. The molecule has 1 aromatic heterocycles. The molecule has 0 spiro atoms. The molecule has 1 amide bonds. The van der Waals surface area contributed by atoms with E-state index in [-0.39, 0.29) is 11.9 Å². The van der Waals surface area contributed by atoms with Gasteiger partial charge in [-0.05, 0) is 38.4 Å². The van der Waals surface area contributed by atoms with Crippen LogP contribution in [-0.2, 0) is 0 Å². The van der Waals surface area contributed by atoms with Gasteiger partial charge < -0.3 is 9.42 Å². The number of rotatable bonds is 3. The highest BCUT2D eigenvalue weighted by Crippen LogP contribution is 2.38. The molecule has 1 aliphatic carbocycles. The second-order valence-corrected chi connectivity index (χ2v) is 6.83. The number of likely N-dealkylation sites (N-methyl/N-ethyl adjacent to an activating group) is 1. The largest absolute Gasteiger partial charge is 0.338 e. The summed E-state index contributed by atoms with van der Waals surface area (Å²) < 4.78 is 5.49. The van der Waals surface area contributed by atoms with Gasteiger partial charge in [-0.15, -0.1) is 0 Å². The fourth-order valence-electron chi connectivity index (χ4n) is 3.20. The second-order valence-electron chi connectivity index (χ2n) is 6.83. The highest BCUT2D eigenvalue weighted by Gasteiger charge is 2.35. The number of hydrogen-bond donors (Lipinski definition) is 0. The second kappa shape index (κ2) is 6.02. The Morgan fingerprint density at radius 2 is 2.04 bits per heavy atom. The fraction of sp³-hybridized carbons (Fsp3) is 0.500. The summed E-state index contributed by atoms with van der Waals surface area (Å²) in [5.41, 5.74) is 1.77. The topological polar surface area (TPSA) is 62.5 Å². The van der Waals surface area contributed by atoms with Crippen LogP contribution in [-0.4, -0.2) is 52.5 Å². The summed E-state index contributed by atoms with van der Waals surface area (Å²) in [4.78, 5) is 21.5. The molecular weight excluding hydrogens is 304 g/mol. The van der Waals surface area contributed by atoms with Crippen LogP contribution in [0.25, 0.3) is 0 Å². The van der Waals surface area contributed by atoms with Gasteiger partial charge in [0, 0.05) is 31.1 Å². The first-order valence-corrected chi connectivity index (χ1v) is 8.52. The number of carbonyl (C=O) groups excluding carboxylic acids is 1. The predicted molar refractivity (Wildman–Crippen MR) is 88.7 cm³/mol. The molecule has 1 aliphatic heterocycles. The van der Waals surface area contributed by atoms with E-state index in [9.17, 15) is 4.79 Å². The highest BCUT2D eigenvalue weighted by molar-refractivity contribution is 5.95. The van der Waals surface area contributed by atoms with Crippen LogP contribution in [0, 0.1) is 6.92 Å². The number of nitrogens with zero attached hydrogens (tertiary/aromatic N) is 4. The number of piperazine rings is 1. The summed E-state index contributed by atoms with van der Waals surface area (Å²) in [7, 11) is 2.04. The molecular formula is C18H22N4O2. The molecule has 2 aliphatic rings. The van der Waals surface area contributed by atoms with Crippen LogP contribution in [0.15, 0.2) is 28.8 Å². The summed E-state index contributed by atoms with van der Waals surface area (Å²) in [6, 6.07) is 7.69. The molecule has 1 saturated heterocycles. The van der Waals surface area contributed by atoms with E-state index >= 15 is 0 Å². The fourth-order valence-corrected chi connectivity index (χ4v) is 3.20. The van der Waals surface area contributed by atoms with Gasteiger partial charge >= 0.3 is 0 Å². The predicted octanol–water partition coefficient (Wildman–Crippen LogP) is 2.38. The molecule has 0 radical (unpaired) electrons. The standard InChI is InChI=1S/C18H22N4O2/c1-12-5-3-4-6-14(12)18(23)22-10-9-21(2)15(11-22)17-19-16(20-24-17)13-7-8-13/h3-6,13,15H,7-11H2,1-2H3.